The van der Waals surface area contributed by atoms with Gasteiger partial charge in [-0.1, -0.05) is 17.3 Å². The van der Waals surface area contributed by atoms with Crippen molar-refractivity contribution in [2.75, 3.05) is 0 Å². The molecule has 0 aliphatic heterocycles. The highest BCUT2D eigenvalue weighted by molar-refractivity contribution is 6.03. The number of ketones is 1. The number of nitrogens with zero attached hydrogens (tertiary/aromatic N) is 1. The number of carbonyl (C=O) groups is 1. The Balaban J connectivity index is 2.16. The van der Waals surface area contributed by atoms with Crippen LogP contribution >= 0.6 is 0 Å². The first-order valence-electron chi connectivity index (χ1n) is 5.53. The lowest BCUT2D eigenvalue weighted by atomic mass is 9.93. The first kappa shape index (κ1) is 10.2. The van der Waals surface area contributed by atoms with E-state index in [9.17, 15) is 9.18 Å². The van der Waals surface area contributed by atoms with Crippen LogP contribution < -0.4 is 0 Å². The molecule has 17 heavy (non-hydrogen) atoms. The molecular formula is C13H10FNO2. The van der Waals surface area contributed by atoms with E-state index in [0.717, 1.165) is 12.8 Å². The second kappa shape index (κ2) is 3.80. The van der Waals surface area contributed by atoms with Crippen LogP contribution in [-0.4, -0.2) is 10.9 Å². The molecule has 0 fully saturated rings. The van der Waals surface area contributed by atoms with Crippen molar-refractivity contribution in [3.05, 3.63) is 41.4 Å². The zero-order valence-electron chi connectivity index (χ0n) is 9.07. The highest BCUT2D eigenvalue weighted by Crippen LogP contribution is 2.31. The van der Waals surface area contributed by atoms with Gasteiger partial charge in [-0.2, -0.15) is 0 Å². The van der Waals surface area contributed by atoms with Crippen LogP contribution in [0.15, 0.2) is 28.8 Å². The average molecular weight is 231 g/mol. The Labute approximate surface area is 97.2 Å². The van der Waals surface area contributed by atoms with E-state index in [1.54, 1.807) is 12.1 Å². The van der Waals surface area contributed by atoms with E-state index in [1.807, 2.05) is 0 Å². The van der Waals surface area contributed by atoms with Crippen LogP contribution in [0.3, 0.4) is 0 Å². The van der Waals surface area contributed by atoms with Gasteiger partial charge in [-0.3, -0.25) is 4.79 Å². The number of halogens is 1. The Morgan fingerprint density at radius 1 is 1.29 bits per heavy atom. The quantitative estimate of drug-likeness (QED) is 0.757. The summed E-state index contributed by atoms with van der Waals surface area (Å²) in [5, 5.41) is 3.90. The Hall–Kier alpha value is -1.97. The molecule has 3 rings (SSSR count). The molecule has 1 aromatic carbocycles. The van der Waals surface area contributed by atoms with Gasteiger partial charge in [0.2, 0.25) is 0 Å². The molecule has 0 unspecified atom stereocenters. The van der Waals surface area contributed by atoms with Crippen LogP contribution in [0.25, 0.3) is 11.3 Å². The van der Waals surface area contributed by atoms with Gasteiger partial charge in [-0.05, 0) is 18.6 Å². The van der Waals surface area contributed by atoms with Crippen molar-refractivity contribution in [2.45, 2.75) is 19.3 Å². The number of hydrogen-bond donors (Lipinski definition) is 0. The van der Waals surface area contributed by atoms with Crippen molar-refractivity contribution in [1.29, 1.82) is 0 Å². The molecule has 3 nitrogen and oxygen atoms in total. The van der Waals surface area contributed by atoms with Gasteiger partial charge >= 0.3 is 0 Å². The summed E-state index contributed by atoms with van der Waals surface area (Å²) in [5.74, 6) is 0.315. The lowest BCUT2D eigenvalue weighted by Crippen LogP contribution is -2.09. The highest BCUT2D eigenvalue weighted by Gasteiger charge is 2.26. The molecule has 4 heteroatoms. The Bertz CT molecular complexity index is 589. The lowest BCUT2D eigenvalue weighted by Gasteiger charge is -2.08. The third-order valence-electron chi connectivity index (χ3n) is 2.95. The molecule has 1 aliphatic carbocycles. The van der Waals surface area contributed by atoms with Crippen LogP contribution in [0.1, 0.15) is 29.0 Å². The zero-order valence-corrected chi connectivity index (χ0v) is 9.07. The Morgan fingerprint density at radius 2 is 2.18 bits per heavy atom. The van der Waals surface area contributed by atoms with Gasteiger partial charge in [0.15, 0.2) is 5.78 Å². The Morgan fingerprint density at radius 3 is 3.00 bits per heavy atom. The maximum absolute atomic E-state index is 13.1. The van der Waals surface area contributed by atoms with E-state index >= 15 is 0 Å². The standard InChI is InChI=1S/C13H10FNO2/c14-9-4-1-3-8(7-9)13-12-10(16)5-2-6-11(12)17-15-13/h1,3-4,7H,2,5-6H2. The van der Waals surface area contributed by atoms with Crippen LogP contribution in [0.4, 0.5) is 4.39 Å². The smallest absolute Gasteiger partial charge is 0.168 e. The maximum atomic E-state index is 13.1. The number of Topliss-reactive ketones (excluding diaryl/α,β-unsaturated/α-hetero) is 1. The normalized spacial score (nSPS) is 14.8. The van der Waals surface area contributed by atoms with E-state index in [4.69, 9.17) is 4.52 Å². The Kier molecular flexibility index (Phi) is 2.28. The largest absolute Gasteiger partial charge is 0.360 e. The predicted octanol–water partition coefficient (Wildman–Crippen LogP) is 3.00. The van der Waals surface area contributed by atoms with Gasteiger partial charge in [-0.25, -0.2) is 4.39 Å². The predicted molar refractivity (Wildman–Crippen MR) is 59.2 cm³/mol. The van der Waals surface area contributed by atoms with E-state index in [1.165, 1.54) is 12.1 Å². The van der Waals surface area contributed by atoms with Crippen LogP contribution in [0, 0.1) is 5.82 Å². The molecule has 0 amide bonds. The first-order chi connectivity index (χ1) is 8.25. The minimum Gasteiger partial charge on any atom is -0.360 e. The molecule has 2 aromatic rings. The van der Waals surface area contributed by atoms with Crippen LogP contribution in [0.5, 0.6) is 0 Å². The minimum absolute atomic E-state index is 0.0340. The van der Waals surface area contributed by atoms with Gasteiger partial charge in [0.05, 0.1) is 5.56 Å². The van der Waals surface area contributed by atoms with E-state index in [2.05, 4.69) is 5.16 Å². The van der Waals surface area contributed by atoms with E-state index in [-0.39, 0.29) is 11.6 Å². The molecule has 0 radical (unpaired) electrons. The number of hydrogen-bond acceptors (Lipinski definition) is 3. The van der Waals surface area contributed by atoms with Crippen molar-refractivity contribution in [3.8, 4) is 11.3 Å². The summed E-state index contributed by atoms with van der Waals surface area (Å²) in [6.45, 7) is 0. The molecule has 0 atom stereocenters. The van der Waals surface area contributed by atoms with Gasteiger partial charge in [0, 0.05) is 18.4 Å². The molecule has 0 N–H and O–H groups in total. The van der Waals surface area contributed by atoms with Gasteiger partial charge in [0.1, 0.15) is 17.3 Å². The fourth-order valence-electron chi connectivity index (χ4n) is 2.15. The van der Waals surface area contributed by atoms with Crippen LogP contribution in [0.2, 0.25) is 0 Å². The molecule has 86 valence electrons. The van der Waals surface area contributed by atoms with Crippen molar-refractivity contribution in [1.82, 2.24) is 5.16 Å². The van der Waals surface area contributed by atoms with Crippen molar-refractivity contribution >= 4 is 5.78 Å². The van der Waals surface area contributed by atoms with E-state index in [0.29, 0.717) is 29.0 Å². The summed E-state index contributed by atoms with van der Waals surface area (Å²) in [6, 6.07) is 6.04. The lowest BCUT2D eigenvalue weighted by molar-refractivity contribution is 0.0969. The summed E-state index contributed by atoms with van der Waals surface area (Å²) in [4.78, 5) is 11.8. The molecule has 0 bridgehead atoms. The monoisotopic (exact) mass is 231 g/mol. The topological polar surface area (TPSA) is 43.1 Å². The third kappa shape index (κ3) is 1.65. The van der Waals surface area contributed by atoms with E-state index < -0.39 is 0 Å². The molecule has 0 saturated heterocycles. The number of rotatable bonds is 1. The SMILES string of the molecule is O=C1CCCc2onc(-c3cccc(F)c3)c21. The minimum atomic E-state index is -0.345. The summed E-state index contributed by atoms with van der Waals surface area (Å²) in [6.07, 6.45) is 2.03. The first-order valence-corrected chi connectivity index (χ1v) is 5.53. The summed E-state index contributed by atoms with van der Waals surface area (Å²) in [7, 11) is 0. The summed E-state index contributed by atoms with van der Waals surface area (Å²) in [5.41, 5.74) is 1.58. The van der Waals surface area contributed by atoms with Crippen molar-refractivity contribution in [3.63, 3.8) is 0 Å². The fraction of sp³-hybridized carbons (Fsp3) is 0.231. The van der Waals surface area contributed by atoms with Gasteiger partial charge in [0.25, 0.3) is 0 Å². The fourth-order valence-corrected chi connectivity index (χ4v) is 2.15. The second-order valence-electron chi connectivity index (χ2n) is 4.12. The van der Waals surface area contributed by atoms with Gasteiger partial charge < -0.3 is 4.52 Å². The molecule has 0 spiro atoms. The zero-order chi connectivity index (χ0) is 11.8. The summed E-state index contributed by atoms with van der Waals surface area (Å²) < 4.78 is 18.3. The molecule has 1 aromatic heterocycles. The third-order valence-corrected chi connectivity index (χ3v) is 2.95. The average Bonchev–Trinajstić information content (AvgIpc) is 2.74. The highest BCUT2D eigenvalue weighted by atomic mass is 19.1. The maximum Gasteiger partial charge on any atom is 0.168 e. The van der Waals surface area contributed by atoms with Gasteiger partial charge in [-0.15, -0.1) is 0 Å². The summed E-state index contributed by atoms with van der Waals surface area (Å²) >= 11 is 0. The molecule has 0 saturated carbocycles. The number of benzene rings is 1. The second-order valence-corrected chi connectivity index (χ2v) is 4.12. The number of carbonyl (C=O) groups excluding carboxylic acids is 1. The van der Waals surface area contributed by atoms with Crippen molar-refractivity contribution in [2.24, 2.45) is 0 Å². The molecule has 1 heterocycles. The number of fused-ring (bicyclic) bond motifs is 1. The number of aromatic nitrogens is 1. The molecule has 1 aliphatic rings. The van der Waals surface area contributed by atoms with Crippen molar-refractivity contribution < 1.29 is 13.7 Å². The molecular weight excluding hydrogens is 221 g/mol. The van der Waals surface area contributed by atoms with Crippen LogP contribution in [-0.2, 0) is 6.42 Å². The number of aryl methyl sites for hydroxylation is 1.